The van der Waals surface area contributed by atoms with Crippen LogP contribution in [0.3, 0.4) is 0 Å². The van der Waals surface area contributed by atoms with E-state index in [1.165, 1.54) is 7.11 Å². The molecule has 0 aromatic carbocycles. The molecule has 0 bridgehead atoms. The molecule has 1 N–H and O–H groups in total. The average molecular weight is 342 g/mol. The molecule has 128 valence electrons. The second-order valence-corrected chi connectivity index (χ2v) is 5.14. The van der Waals surface area contributed by atoms with E-state index >= 15 is 0 Å². The first-order valence-electron chi connectivity index (χ1n) is 6.41. The van der Waals surface area contributed by atoms with Crippen molar-refractivity contribution in [2.75, 3.05) is 12.4 Å². The lowest BCUT2D eigenvalue weighted by Crippen LogP contribution is -2.39. The lowest BCUT2D eigenvalue weighted by molar-refractivity contribution is -0.146. The lowest BCUT2D eigenvalue weighted by Gasteiger charge is -2.30. The van der Waals surface area contributed by atoms with Crippen LogP contribution in [0.15, 0.2) is 4.99 Å². The molecule has 2 heterocycles. The number of aliphatic imine (C=N–C) groups is 1. The highest BCUT2D eigenvalue weighted by Crippen LogP contribution is 2.46. The molecule has 0 saturated carbocycles. The van der Waals surface area contributed by atoms with Crippen LogP contribution in [0.5, 0.6) is 0 Å². The van der Waals surface area contributed by atoms with Crippen LogP contribution < -0.4 is 5.32 Å². The van der Waals surface area contributed by atoms with Crippen LogP contribution in [0.25, 0.3) is 0 Å². The van der Waals surface area contributed by atoms with Crippen LogP contribution in [-0.2, 0) is 17.1 Å². The summed E-state index contributed by atoms with van der Waals surface area (Å²) in [5, 5.41) is 7.78. The minimum Gasteiger partial charge on any atom is -0.483 e. The molecule has 5 nitrogen and oxygen atoms in total. The van der Waals surface area contributed by atoms with Gasteiger partial charge in [-0.25, -0.2) is 4.99 Å². The number of fused-ring (bicyclic) bond motifs is 1. The van der Waals surface area contributed by atoms with Gasteiger partial charge in [-0.2, -0.15) is 26.3 Å². The summed E-state index contributed by atoms with van der Waals surface area (Å²) < 4.78 is 82.8. The number of hydrogen-bond donors (Lipinski definition) is 1. The maximum atomic E-state index is 13.0. The van der Waals surface area contributed by atoms with Gasteiger partial charge in [-0.3, -0.25) is 0 Å². The summed E-state index contributed by atoms with van der Waals surface area (Å²) in [6.07, 6.45) is -9.98. The second kappa shape index (κ2) is 5.53. The van der Waals surface area contributed by atoms with Crippen LogP contribution in [0.1, 0.15) is 25.2 Å². The highest BCUT2D eigenvalue weighted by Gasteiger charge is 2.46. The van der Waals surface area contributed by atoms with Crippen molar-refractivity contribution in [3.8, 4) is 0 Å². The van der Waals surface area contributed by atoms with Crippen molar-refractivity contribution in [3.63, 3.8) is 0 Å². The SMILES string of the molecule is COC1=Nc2c(C(F)(F)F)nnc(C(F)(F)F)c2N[C@@H]1C(C)C. The number of halogens is 6. The van der Waals surface area contributed by atoms with Crippen LogP contribution in [0.4, 0.5) is 37.7 Å². The minimum absolute atomic E-state index is 0.154. The van der Waals surface area contributed by atoms with Crippen LogP contribution >= 0.6 is 0 Å². The Labute approximate surface area is 126 Å². The number of hydrogen-bond acceptors (Lipinski definition) is 5. The first-order valence-corrected chi connectivity index (χ1v) is 6.41. The molecule has 0 unspecified atom stereocenters. The molecule has 1 aliphatic rings. The highest BCUT2D eigenvalue weighted by atomic mass is 19.4. The van der Waals surface area contributed by atoms with E-state index in [1.807, 2.05) is 0 Å². The molecule has 1 aromatic heterocycles. The number of anilines is 1. The van der Waals surface area contributed by atoms with Crippen LogP contribution in [-0.4, -0.2) is 29.2 Å². The summed E-state index contributed by atoms with van der Waals surface area (Å²) in [6, 6.07) is -0.820. The zero-order valence-corrected chi connectivity index (χ0v) is 12.2. The van der Waals surface area contributed by atoms with Crippen molar-refractivity contribution >= 4 is 17.3 Å². The maximum Gasteiger partial charge on any atom is 0.437 e. The van der Waals surface area contributed by atoms with Crippen molar-refractivity contribution in [2.45, 2.75) is 32.2 Å². The zero-order valence-electron chi connectivity index (χ0n) is 12.2. The number of methoxy groups -OCH3 is 1. The quantitative estimate of drug-likeness (QED) is 0.792. The minimum atomic E-state index is -5.00. The van der Waals surface area contributed by atoms with E-state index in [4.69, 9.17) is 4.74 Å². The Morgan fingerprint density at radius 1 is 1.00 bits per heavy atom. The van der Waals surface area contributed by atoms with E-state index in [9.17, 15) is 26.3 Å². The molecule has 11 heteroatoms. The van der Waals surface area contributed by atoms with Gasteiger partial charge in [0.05, 0.1) is 12.8 Å². The number of nitrogens with one attached hydrogen (secondary N) is 1. The third-order valence-corrected chi connectivity index (χ3v) is 3.15. The number of aromatic nitrogens is 2. The second-order valence-electron chi connectivity index (χ2n) is 5.14. The van der Waals surface area contributed by atoms with Gasteiger partial charge in [-0.05, 0) is 5.92 Å². The number of ether oxygens (including phenoxy) is 1. The summed E-state index contributed by atoms with van der Waals surface area (Å²) in [5.41, 5.74) is -4.98. The number of alkyl halides is 6. The van der Waals surface area contributed by atoms with E-state index in [-0.39, 0.29) is 11.8 Å². The van der Waals surface area contributed by atoms with E-state index in [1.54, 1.807) is 13.8 Å². The fourth-order valence-corrected chi connectivity index (χ4v) is 2.08. The molecular formula is C12H12F6N4O. The maximum absolute atomic E-state index is 13.0. The Morgan fingerprint density at radius 3 is 1.96 bits per heavy atom. The molecule has 1 aromatic rings. The lowest BCUT2D eigenvalue weighted by atomic mass is 10.0. The molecule has 0 fully saturated rings. The molecule has 0 aliphatic carbocycles. The van der Waals surface area contributed by atoms with Gasteiger partial charge in [0.15, 0.2) is 11.4 Å². The van der Waals surface area contributed by atoms with Crippen molar-refractivity contribution in [2.24, 2.45) is 10.9 Å². The summed E-state index contributed by atoms with van der Waals surface area (Å²) in [5.74, 6) is -0.440. The third-order valence-electron chi connectivity index (χ3n) is 3.15. The summed E-state index contributed by atoms with van der Waals surface area (Å²) in [4.78, 5) is 3.62. The monoisotopic (exact) mass is 342 g/mol. The molecular weight excluding hydrogens is 330 g/mol. The van der Waals surface area contributed by atoms with Crippen LogP contribution in [0, 0.1) is 5.92 Å². The summed E-state index contributed by atoms with van der Waals surface area (Å²) in [6.45, 7) is 3.31. The first kappa shape index (κ1) is 17.3. The summed E-state index contributed by atoms with van der Waals surface area (Å²) >= 11 is 0. The van der Waals surface area contributed by atoms with Gasteiger partial charge in [0.2, 0.25) is 5.90 Å². The highest BCUT2D eigenvalue weighted by molar-refractivity contribution is 5.94. The van der Waals surface area contributed by atoms with E-state index in [2.05, 4.69) is 20.5 Å². The van der Waals surface area contributed by atoms with E-state index < -0.39 is 41.2 Å². The number of rotatable bonds is 1. The Bertz CT molecular complexity index is 638. The molecule has 0 spiro atoms. The standard InChI is InChI=1S/C12H12F6N4O/c1-4(2)5-10(23-3)20-7-6(19-5)8(11(13,14)15)21-22-9(7)12(16,17)18/h4-5,19H,1-3H3/t5-/m1/s1. The number of nitrogens with zero attached hydrogens (tertiary/aromatic N) is 3. The smallest absolute Gasteiger partial charge is 0.437 e. The first-order chi connectivity index (χ1) is 10.5. The zero-order chi connectivity index (χ0) is 17.6. The Hall–Kier alpha value is -2.07. The van der Waals surface area contributed by atoms with Crippen LogP contribution in [0.2, 0.25) is 0 Å². The predicted octanol–water partition coefficient (Wildman–Crippen LogP) is 3.64. The van der Waals surface area contributed by atoms with Crippen molar-refractivity contribution < 1.29 is 31.1 Å². The third kappa shape index (κ3) is 3.17. The predicted molar refractivity (Wildman–Crippen MR) is 68.4 cm³/mol. The fourth-order valence-electron chi connectivity index (χ4n) is 2.08. The molecule has 1 atom stereocenters. The van der Waals surface area contributed by atoms with Crippen molar-refractivity contribution in [3.05, 3.63) is 11.4 Å². The normalized spacial score (nSPS) is 18.3. The van der Waals surface area contributed by atoms with Gasteiger partial charge in [0.25, 0.3) is 0 Å². The largest absolute Gasteiger partial charge is 0.483 e. The molecule has 0 saturated heterocycles. The molecule has 2 rings (SSSR count). The van der Waals surface area contributed by atoms with Gasteiger partial charge in [-0.15, -0.1) is 10.2 Å². The van der Waals surface area contributed by atoms with E-state index in [0.717, 1.165) is 0 Å². The van der Waals surface area contributed by atoms with Crippen molar-refractivity contribution in [1.29, 1.82) is 0 Å². The topological polar surface area (TPSA) is 59.4 Å². The average Bonchev–Trinajstić information content (AvgIpc) is 2.42. The molecule has 0 radical (unpaired) electrons. The fraction of sp³-hybridized carbons (Fsp3) is 0.583. The van der Waals surface area contributed by atoms with Gasteiger partial charge < -0.3 is 10.1 Å². The van der Waals surface area contributed by atoms with Gasteiger partial charge in [0.1, 0.15) is 11.7 Å². The molecule has 1 aliphatic heterocycles. The molecule has 0 amide bonds. The van der Waals surface area contributed by atoms with Crippen molar-refractivity contribution in [1.82, 2.24) is 10.2 Å². The Balaban J connectivity index is 2.75. The summed E-state index contributed by atoms with van der Waals surface area (Å²) in [7, 11) is 1.17. The Morgan fingerprint density at radius 2 is 1.52 bits per heavy atom. The van der Waals surface area contributed by atoms with Gasteiger partial charge >= 0.3 is 12.4 Å². The Kier molecular flexibility index (Phi) is 4.16. The van der Waals surface area contributed by atoms with Gasteiger partial charge in [-0.1, -0.05) is 13.8 Å². The van der Waals surface area contributed by atoms with Gasteiger partial charge in [0, 0.05) is 0 Å². The van der Waals surface area contributed by atoms with E-state index in [0.29, 0.717) is 0 Å². The molecule has 23 heavy (non-hydrogen) atoms.